The highest BCUT2D eigenvalue weighted by Gasteiger charge is 2.08. The Balaban J connectivity index is 1.70. The van der Waals surface area contributed by atoms with Crippen LogP contribution in [-0.2, 0) is 4.79 Å². The first-order chi connectivity index (χ1) is 14.1. The van der Waals surface area contributed by atoms with Gasteiger partial charge in [-0.05, 0) is 47.5 Å². The summed E-state index contributed by atoms with van der Waals surface area (Å²) in [7, 11) is 1.60. The maximum Gasteiger partial charge on any atom is 0.271 e. The van der Waals surface area contributed by atoms with Gasteiger partial charge in [0, 0.05) is 23.2 Å². The zero-order valence-corrected chi connectivity index (χ0v) is 16.4. The van der Waals surface area contributed by atoms with Crippen molar-refractivity contribution in [2.24, 2.45) is 5.10 Å². The number of nitrogens with one attached hydrogen (secondary N) is 2. The average Bonchev–Trinajstić information content (AvgIpc) is 2.74. The highest BCUT2D eigenvalue weighted by molar-refractivity contribution is 6.03. The molecule has 0 aromatic heterocycles. The van der Waals surface area contributed by atoms with Crippen molar-refractivity contribution in [1.29, 1.82) is 0 Å². The Bertz CT molecular complexity index is 1040. The fourth-order valence-electron chi connectivity index (χ4n) is 2.96. The van der Waals surface area contributed by atoms with E-state index >= 15 is 0 Å². The minimum Gasteiger partial charge on any atom is -0.496 e. The van der Waals surface area contributed by atoms with Crippen LogP contribution in [-0.4, -0.2) is 25.1 Å². The van der Waals surface area contributed by atoms with E-state index in [1.54, 1.807) is 37.6 Å². The maximum absolute atomic E-state index is 12.3. The monoisotopic (exact) mass is 389 g/mol. The molecule has 0 aliphatic heterocycles. The zero-order valence-electron chi connectivity index (χ0n) is 16.4. The van der Waals surface area contributed by atoms with Crippen molar-refractivity contribution in [2.45, 2.75) is 19.8 Å². The number of amides is 2. The molecule has 0 saturated carbocycles. The lowest BCUT2D eigenvalue weighted by molar-refractivity contribution is -0.116. The molecule has 0 heterocycles. The summed E-state index contributed by atoms with van der Waals surface area (Å²) in [5, 5.41) is 8.93. The standard InChI is InChI=1S/C23H23N3O3/c1-3-6-22(27)25-18-12-9-17(10-13-18)23(28)26-24-15-20-19-8-5-4-7-16(19)11-14-21(20)29-2/h4-5,7-15H,3,6H2,1-2H3,(H,25,27)(H,26,28). The molecule has 3 rings (SSSR count). The highest BCUT2D eigenvalue weighted by Crippen LogP contribution is 2.26. The van der Waals surface area contributed by atoms with Crippen molar-refractivity contribution in [3.05, 3.63) is 71.8 Å². The van der Waals surface area contributed by atoms with Gasteiger partial charge in [0.1, 0.15) is 5.75 Å². The number of hydrogen-bond acceptors (Lipinski definition) is 4. The van der Waals surface area contributed by atoms with Gasteiger partial charge in [-0.1, -0.05) is 37.3 Å². The van der Waals surface area contributed by atoms with Gasteiger partial charge in [-0.15, -0.1) is 0 Å². The summed E-state index contributed by atoms with van der Waals surface area (Å²) < 4.78 is 5.42. The van der Waals surface area contributed by atoms with Crippen LogP contribution in [0.15, 0.2) is 65.8 Å². The summed E-state index contributed by atoms with van der Waals surface area (Å²) in [4.78, 5) is 24.0. The summed E-state index contributed by atoms with van der Waals surface area (Å²) in [6, 6.07) is 18.4. The average molecular weight is 389 g/mol. The normalized spacial score (nSPS) is 10.8. The number of methoxy groups -OCH3 is 1. The molecule has 2 amide bonds. The van der Waals surface area contributed by atoms with E-state index < -0.39 is 0 Å². The molecule has 0 saturated heterocycles. The fourth-order valence-corrected chi connectivity index (χ4v) is 2.96. The van der Waals surface area contributed by atoms with Crippen LogP contribution < -0.4 is 15.5 Å². The lowest BCUT2D eigenvalue weighted by Crippen LogP contribution is -2.18. The molecule has 0 bridgehead atoms. The quantitative estimate of drug-likeness (QED) is 0.466. The van der Waals surface area contributed by atoms with E-state index in [2.05, 4.69) is 15.8 Å². The van der Waals surface area contributed by atoms with Crippen molar-refractivity contribution in [2.75, 3.05) is 12.4 Å². The SMILES string of the molecule is CCCC(=O)Nc1ccc(C(=O)NN=Cc2c(OC)ccc3ccccc23)cc1. The van der Waals surface area contributed by atoms with Gasteiger partial charge in [0.25, 0.3) is 5.91 Å². The smallest absolute Gasteiger partial charge is 0.271 e. The maximum atomic E-state index is 12.3. The van der Waals surface area contributed by atoms with E-state index in [1.807, 2.05) is 43.3 Å². The lowest BCUT2D eigenvalue weighted by Gasteiger charge is -2.08. The van der Waals surface area contributed by atoms with E-state index in [0.717, 1.165) is 22.8 Å². The Labute approximate surface area is 169 Å². The first kappa shape index (κ1) is 20.1. The van der Waals surface area contributed by atoms with Gasteiger partial charge in [-0.25, -0.2) is 5.43 Å². The topological polar surface area (TPSA) is 79.8 Å². The molecule has 3 aromatic carbocycles. The van der Waals surface area contributed by atoms with Crippen molar-refractivity contribution in [1.82, 2.24) is 5.43 Å². The summed E-state index contributed by atoms with van der Waals surface area (Å²) in [5.74, 6) is 0.291. The molecule has 0 unspecified atom stereocenters. The Hall–Kier alpha value is -3.67. The molecule has 0 atom stereocenters. The van der Waals surface area contributed by atoms with Crippen LogP contribution in [0, 0.1) is 0 Å². The van der Waals surface area contributed by atoms with E-state index in [-0.39, 0.29) is 11.8 Å². The number of rotatable bonds is 7. The van der Waals surface area contributed by atoms with E-state index in [1.165, 1.54) is 0 Å². The van der Waals surface area contributed by atoms with Crippen molar-refractivity contribution < 1.29 is 14.3 Å². The Morgan fingerprint density at radius 3 is 2.52 bits per heavy atom. The van der Waals surface area contributed by atoms with E-state index in [9.17, 15) is 9.59 Å². The fraction of sp³-hybridized carbons (Fsp3) is 0.174. The predicted molar refractivity (Wildman–Crippen MR) is 116 cm³/mol. The molecule has 0 aliphatic carbocycles. The number of nitrogens with zero attached hydrogens (tertiary/aromatic N) is 1. The van der Waals surface area contributed by atoms with E-state index in [0.29, 0.717) is 23.4 Å². The molecule has 0 aliphatic rings. The van der Waals surface area contributed by atoms with Crippen molar-refractivity contribution >= 4 is 34.5 Å². The second-order valence-electron chi connectivity index (χ2n) is 6.48. The predicted octanol–water partition coefficient (Wildman–Crippen LogP) is 4.35. The Morgan fingerprint density at radius 2 is 1.79 bits per heavy atom. The molecular formula is C23H23N3O3. The third-order valence-corrected chi connectivity index (χ3v) is 4.42. The zero-order chi connectivity index (χ0) is 20.6. The second kappa shape index (κ2) is 9.50. The first-order valence-corrected chi connectivity index (χ1v) is 9.41. The van der Waals surface area contributed by atoms with Gasteiger partial charge < -0.3 is 10.1 Å². The number of hydrogen-bond donors (Lipinski definition) is 2. The summed E-state index contributed by atoms with van der Waals surface area (Å²) >= 11 is 0. The van der Waals surface area contributed by atoms with Crippen LogP contribution in [0.4, 0.5) is 5.69 Å². The first-order valence-electron chi connectivity index (χ1n) is 9.41. The third kappa shape index (κ3) is 4.99. The van der Waals surface area contributed by atoms with Crippen LogP contribution in [0.25, 0.3) is 10.8 Å². The molecule has 6 heteroatoms. The van der Waals surface area contributed by atoms with Gasteiger partial charge in [-0.3, -0.25) is 9.59 Å². The largest absolute Gasteiger partial charge is 0.496 e. The molecule has 2 N–H and O–H groups in total. The van der Waals surface area contributed by atoms with Crippen LogP contribution >= 0.6 is 0 Å². The number of carbonyl (C=O) groups excluding carboxylic acids is 2. The van der Waals surface area contributed by atoms with Crippen LogP contribution in [0.5, 0.6) is 5.75 Å². The van der Waals surface area contributed by atoms with Gasteiger partial charge in [0.2, 0.25) is 5.91 Å². The molecule has 3 aromatic rings. The van der Waals surface area contributed by atoms with Gasteiger partial charge in [-0.2, -0.15) is 5.10 Å². The number of ether oxygens (including phenoxy) is 1. The number of hydrazone groups is 1. The number of carbonyl (C=O) groups is 2. The summed E-state index contributed by atoms with van der Waals surface area (Å²) in [6.45, 7) is 1.95. The molecule has 29 heavy (non-hydrogen) atoms. The molecule has 0 fully saturated rings. The molecular weight excluding hydrogens is 366 g/mol. The second-order valence-corrected chi connectivity index (χ2v) is 6.48. The van der Waals surface area contributed by atoms with Crippen molar-refractivity contribution in [3.8, 4) is 5.75 Å². The third-order valence-electron chi connectivity index (χ3n) is 4.42. The number of anilines is 1. The molecule has 148 valence electrons. The van der Waals surface area contributed by atoms with Crippen molar-refractivity contribution in [3.63, 3.8) is 0 Å². The Morgan fingerprint density at radius 1 is 1.03 bits per heavy atom. The highest BCUT2D eigenvalue weighted by atomic mass is 16.5. The van der Waals surface area contributed by atoms with E-state index in [4.69, 9.17) is 4.74 Å². The lowest BCUT2D eigenvalue weighted by atomic mass is 10.0. The minimum atomic E-state index is -0.341. The van der Waals surface area contributed by atoms with Gasteiger partial charge in [0.05, 0.1) is 13.3 Å². The van der Waals surface area contributed by atoms with Crippen LogP contribution in [0.2, 0.25) is 0 Å². The molecule has 0 radical (unpaired) electrons. The molecule has 0 spiro atoms. The molecule has 6 nitrogen and oxygen atoms in total. The summed E-state index contributed by atoms with van der Waals surface area (Å²) in [5.41, 5.74) is 4.42. The van der Waals surface area contributed by atoms with Crippen LogP contribution in [0.1, 0.15) is 35.7 Å². The number of benzene rings is 3. The minimum absolute atomic E-state index is 0.0432. The summed E-state index contributed by atoms with van der Waals surface area (Å²) in [6.07, 6.45) is 2.83. The Kier molecular flexibility index (Phi) is 6.58. The van der Waals surface area contributed by atoms with Gasteiger partial charge in [0.15, 0.2) is 0 Å². The van der Waals surface area contributed by atoms with Gasteiger partial charge >= 0.3 is 0 Å². The number of fused-ring (bicyclic) bond motifs is 1. The van der Waals surface area contributed by atoms with Crippen LogP contribution in [0.3, 0.4) is 0 Å².